The zero-order chi connectivity index (χ0) is 103. The van der Waals surface area contributed by atoms with Gasteiger partial charge >= 0.3 is 14.2 Å². The molecule has 3 aromatic heterocycles. The van der Waals surface area contributed by atoms with E-state index in [-0.39, 0.29) is 54.9 Å². The summed E-state index contributed by atoms with van der Waals surface area (Å²) in [6, 6.07) is 95.8. The fourth-order valence-electron chi connectivity index (χ4n) is 21.4. The first-order chi connectivity index (χ1) is 70.2. The lowest BCUT2D eigenvalue weighted by atomic mass is 8.34. The Morgan fingerprint density at radius 1 is 0.342 bits per heavy atom. The van der Waals surface area contributed by atoms with Crippen LogP contribution in [0.15, 0.2) is 293 Å². The van der Waals surface area contributed by atoms with Gasteiger partial charge in [0.1, 0.15) is 23.0 Å². The summed E-state index contributed by atoms with van der Waals surface area (Å²) in [7, 11) is 82.3. The fourth-order valence-corrected chi connectivity index (χ4v) is 24.2. The molecule has 2 aliphatic carbocycles. The molecule has 0 bridgehead atoms. The number of nitrogens with zero attached hydrogens (tertiary/aromatic N) is 3. The lowest BCUT2D eigenvalue weighted by Gasteiger charge is -2.48. The number of benzene rings is 13. The van der Waals surface area contributed by atoms with Crippen molar-refractivity contribution in [1.82, 2.24) is 13.7 Å². The molecule has 28 radical (unpaired) electrons. The van der Waals surface area contributed by atoms with E-state index in [1.165, 1.54) is 15.7 Å². The summed E-state index contributed by atoms with van der Waals surface area (Å²) in [6.45, 7) is 18.8. The van der Waals surface area contributed by atoms with Crippen LogP contribution in [0.3, 0.4) is 0 Å². The van der Waals surface area contributed by atoms with E-state index in [0.717, 1.165) is 198 Å². The lowest BCUT2D eigenvalue weighted by molar-refractivity contribution is 0.0219. The van der Waals surface area contributed by atoms with Crippen molar-refractivity contribution in [1.29, 1.82) is 0 Å². The highest BCUT2D eigenvalue weighted by Crippen LogP contribution is 2.60. The molecule has 44 heteroatoms. The van der Waals surface area contributed by atoms with Crippen LogP contribution < -0.4 is 25.1 Å². The molecule has 13 nitrogen and oxygen atoms in total. The summed E-state index contributed by atoms with van der Waals surface area (Å²) in [5.41, 5.74) is 17.4. The molecule has 16 aromatic rings. The Kier molecular flexibility index (Phi) is 34.8. The minimum atomic E-state index is -1.02. The molecular formula is C102H96B28BrN3O10S2. The van der Waals surface area contributed by atoms with Crippen LogP contribution >= 0.6 is 39.5 Å². The van der Waals surface area contributed by atoms with Crippen LogP contribution in [0, 0.1) is 20.8 Å². The van der Waals surface area contributed by atoms with Crippen molar-refractivity contribution in [3.8, 4) is 68.1 Å². The van der Waals surface area contributed by atoms with Crippen molar-refractivity contribution in [2.75, 3.05) is 38.1 Å². The number of rotatable bonds is 36. The molecule has 20 rings (SSSR count). The molecule has 682 valence electrons. The van der Waals surface area contributed by atoms with E-state index in [0.29, 0.717) is 19.8 Å². The fraction of sp³-hybridized carbons (Fsp3) is 0.235. The number of thioether (sulfide) groups is 2. The smallest absolute Gasteiger partial charge is 0.498 e. The van der Waals surface area contributed by atoms with Crippen LogP contribution in [0.5, 0.6) is 28.7 Å². The third-order valence-corrected chi connectivity index (χ3v) is 32.0. The number of halogens is 1. The summed E-state index contributed by atoms with van der Waals surface area (Å²) in [4.78, 5) is 2.37. The average molecular weight is 1970 g/mol. The largest absolute Gasteiger partial charge is 0.505 e. The average Bonchev–Trinajstić information content (AvgIpc) is 1.53. The van der Waals surface area contributed by atoms with Crippen molar-refractivity contribution in [3.05, 3.63) is 300 Å². The third kappa shape index (κ3) is 22.8. The van der Waals surface area contributed by atoms with Gasteiger partial charge in [0.25, 0.3) is 0 Å². The third-order valence-electron chi connectivity index (χ3n) is 29.1. The van der Waals surface area contributed by atoms with Crippen molar-refractivity contribution in [3.63, 3.8) is 0 Å². The molecule has 4 fully saturated rings. The normalized spacial score (nSPS) is 16.7. The molecule has 2 saturated heterocycles. The number of unbranched alkanes of at least 4 members (excludes halogenated alkanes) is 2. The Hall–Kier alpha value is -8.94. The number of hydrogen-bond acceptors (Lipinski definition) is 12. The summed E-state index contributed by atoms with van der Waals surface area (Å²) in [5, 5.41) is 31.2. The van der Waals surface area contributed by atoms with E-state index in [9.17, 15) is 10.2 Å². The molecule has 2 saturated carbocycles. The van der Waals surface area contributed by atoms with Crippen LogP contribution in [-0.2, 0) is 23.4 Å². The minimum Gasteiger partial charge on any atom is -0.505 e. The SMILES string of the molecule is CC12CC1(C)OB(c1ccccc1OCCCCSc1ccccc1B1OC3(C)CC3(C)O1)O2.CCOCOc1c(Br)cc(C)cc1-n1c2ccccc2c2ccccc21.Cc1cc(-c2ccccc2OCCCCSc2ccccc2-c2cc(C)cc(-n3c4ccccc4c4ccccc43)c2O)c(O)c(-n2c3ccccc3c3ccccc32)c1.[B]B([B])B(B([B])[B])B(B([B])[B])B(B(B([B])[B])B([B])[B])B(B([B])[B])B([B])[B]. The van der Waals surface area contributed by atoms with Crippen LogP contribution in [0.2, 0.25) is 0 Å². The Balaban J connectivity index is 0.000000144. The number of hydrogen-bond donors (Lipinski definition) is 2. The number of phenols is 2. The first kappa shape index (κ1) is 108. The summed E-state index contributed by atoms with van der Waals surface area (Å²) in [6.07, 6.45) is -5.06. The predicted octanol–water partition coefficient (Wildman–Crippen LogP) is 14.5. The monoisotopic (exact) mass is 1970 g/mol. The maximum Gasteiger partial charge on any atom is 0.498 e. The molecule has 2 N–H and O–H groups in total. The number of aryl methyl sites for hydroxylation is 3. The molecule has 0 amide bonds. The van der Waals surface area contributed by atoms with Crippen LogP contribution in [0.4, 0.5) is 0 Å². The number of para-hydroxylation sites is 8. The standard InChI is InChI=1S/C54H44N2O3S.C26H32B2O5S.C22H20BrNO2.B26/c1-35-31-43(53(57)49(33-35)55-45-23-9-3-17-37(45)38-18-4-10-24-46(38)55)41-21-7-13-27-51(41)59-29-15-16-30-60-52-28-14-8-22-42(52)44-32-36(2)34-50(54(44)58)56-47-25-11-5-19-39(47)40-20-6-12-26-48(40)56;1-23-17-24(23,2)31-27(30-23)19-11-5-7-13-21(19)29-15-9-10-16-34-22-14-8-6-12-20(22)28-32-25(3)18-26(25,4)33-28;1-3-25-14-26-22-18(23)12-15(2)13-21(22)24-19-10-6-4-8-16(19)17-9-5-7-11-20(17)24;1-15(2)22(16(3)4)25(21(13)14)26(23(17(5)6)18(7)8)24(19(9)10)20(11)12/h3-14,17-28,31-34,57-58H,15-16,29-30H2,1-2H3;5-8,11-14H,9-10,15-18H2,1-4H3;4-13H,3,14H2,1-2H3;. The van der Waals surface area contributed by atoms with Gasteiger partial charge in [-0.15, -0.1) is 23.5 Å². The predicted molar refractivity (Wildman–Crippen MR) is 647 cm³/mol. The van der Waals surface area contributed by atoms with Gasteiger partial charge in [0.15, 0.2) is 12.5 Å². The maximum absolute atomic E-state index is 12.1. The van der Waals surface area contributed by atoms with Crippen LogP contribution in [0.25, 0.3) is 105 Å². The first-order valence-electron chi connectivity index (χ1n) is 50.0. The van der Waals surface area contributed by atoms with Gasteiger partial charge in [0.2, 0.25) is 0 Å². The second-order valence-electron chi connectivity index (χ2n) is 39.5. The Morgan fingerprint density at radius 3 is 1.08 bits per heavy atom. The second kappa shape index (κ2) is 46.9. The summed E-state index contributed by atoms with van der Waals surface area (Å²) in [5.74, 6) is 4.81. The van der Waals surface area contributed by atoms with E-state index in [1.54, 1.807) is 0 Å². The van der Waals surface area contributed by atoms with Gasteiger partial charge in [-0.3, -0.25) is 0 Å². The van der Waals surface area contributed by atoms with E-state index in [2.05, 4.69) is 284 Å². The Labute approximate surface area is 901 Å². The molecule has 0 spiro atoms. The second-order valence-corrected chi connectivity index (χ2v) is 42.7. The molecule has 4 unspecified atom stereocenters. The Bertz CT molecular complexity index is 6810. The van der Waals surface area contributed by atoms with Gasteiger partial charge in [0.05, 0.1) is 90.3 Å². The number of ether oxygens (including phenoxy) is 4. The maximum atomic E-state index is 12.1. The molecule has 13 aromatic carbocycles. The number of fused-ring (bicyclic) bond motifs is 11. The highest BCUT2D eigenvalue weighted by atomic mass is 79.9. The highest BCUT2D eigenvalue weighted by molar-refractivity contribution is 9.10. The molecule has 2 aliphatic heterocycles. The van der Waals surface area contributed by atoms with E-state index in [1.807, 2.05) is 103 Å². The van der Waals surface area contributed by atoms with Crippen molar-refractivity contribution in [2.24, 2.45) is 0 Å². The molecule has 4 atom stereocenters. The van der Waals surface area contributed by atoms with Crippen molar-refractivity contribution >= 4 is 315 Å². The van der Waals surface area contributed by atoms with Gasteiger partial charge in [-0.2, -0.15) is 0 Å². The van der Waals surface area contributed by atoms with Gasteiger partial charge in [-0.25, -0.2) is 0 Å². The van der Waals surface area contributed by atoms with Crippen LogP contribution in [0.1, 0.15) is 89.8 Å². The molecule has 146 heavy (non-hydrogen) atoms. The highest BCUT2D eigenvalue weighted by Gasteiger charge is 2.72. The van der Waals surface area contributed by atoms with Gasteiger partial charge < -0.3 is 61.5 Å². The van der Waals surface area contributed by atoms with Crippen molar-refractivity contribution in [2.45, 2.75) is 126 Å². The van der Waals surface area contributed by atoms with E-state index >= 15 is 0 Å². The van der Waals surface area contributed by atoms with E-state index in [4.69, 9.17) is 146 Å². The molecule has 5 heterocycles. The topological polar surface area (TPSA) is 129 Å². The summed E-state index contributed by atoms with van der Waals surface area (Å²) < 4.78 is 56.5. The van der Waals surface area contributed by atoms with E-state index < -0.39 is 76.6 Å². The minimum absolute atomic E-state index is 0.131. The van der Waals surface area contributed by atoms with Gasteiger partial charge in [-0.1, -0.05) is 182 Å². The lowest BCUT2D eigenvalue weighted by Crippen LogP contribution is -2.86. The molecule has 4 aliphatic rings. The quantitative estimate of drug-likeness (QED) is 0.0168. The zero-order valence-electron chi connectivity index (χ0n) is 83.9. The Morgan fingerprint density at radius 2 is 0.658 bits per heavy atom. The number of aromatic nitrogens is 3. The summed E-state index contributed by atoms with van der Waals surface area (Å²) >= 11 is 7.34. The zero-order valence-corrected chi connectivity index (χ0v) is 87.1. The van der Waals surface area contributed by atoms with Gasteiger partial charge in [-0.05, 0) is 233 Å². The first-order valence-corrected chi connectivity index (χ1v) is 52.7. The van der Waals surface area contributed by atoms with Gasteiger partial charge in [0, 0.05) is 269 Å². The van der Waals surface area contributed by atoms with Crippen molar-refractivity contribution < 1.29 is 47.8 Å². The number of phenolic OH excluding ortho intramolecular Hbond substituents is 2. The van der Waals surface area contributed by atoms with Crippen LogP contribution in [-0.4, -0.2) is 284 Å². The number of aromatic hydroxyl groups is 2. The molecular weight excluding hydrogens is 1870 g/mol.